The molecule has 0 atom stereocenters. The SMILES string of the molecule is O=C(c1nc2c(s1)CN(CC(F)F)CC2)N1CCc2c(-c3cccc4c3CCN4C(=O)c3nc4c(s3)CN(CC(F)F)CC4)cccc21. The van der Waals surface area contributed by atoms with E-state index < -0.39 is 12.9 Å². The number of hydrogen-bond donors (Lipinski definition) is 0. The van der Waals surface area contributed by atoms with Crippen molar-refractivity contribution in [2.24, 2.45) is 0 Å². The average molecular weight is 697 g/mol. The molecule has 0 fully saturated rings. The zero-order chi connectivity index (χ0) is 33.1. The van der Waals surface area contributed by atoms with Crippen molar-refractivity contribution in [3.8, 4) is 11.1 Å². The van der Waals surface area contributed by atoms with Gasteiger partial charge in [0.1, 0.15) is 0 Å². The molecule has 48 heavy (non-hydrogen) atoms. The van der Waals surface area contributed by atoms with Crippen molar-refractivity contribution in [3.05, 3.63) is 78.7 Å². The lowest BCUT2D eigenvalue weighted by Gasteiger charge is -2.25. The second kappa shape index (κ2) is 12.6. The Balaban J connectivity index is 1.03. The van der Waals surface area contributed by atoms with Crippen LogP contribution in [0.15, 0.2) is 36.4 Å². The molecule has 0 unspecified atom stereocenters. The van der Waals surface area contributed by atoms with E-state index in [1.807, 2.05) is 24.3 Å². The molecule has 0 radical (unpaired) electrons. The van der Waals surface area contributed by atoms with E-state index in [2.05, 4.69) is 22.1 Å². The van der Waals surface area contributed by atoms with Crippen LogP contribution in [0.3, 0.4) is 0 Å². The largest absolute Gasteiger partial charge is 0.306 e. The van der Waals surface area contributed by atoms with Gasteiger partial charge in [-0.2, -0.15) is 0 Å². The first kappa shape index (κ1) is 31.5. The quantitative estimate of drug-likeness (QED) is 0.224. The molecule has 14 heteroatoms. The highest BCUT2D eigenvalue weighted by Gasteiger charge is 2.35. The van der Waals surface area contributed by atoms with Gasteiger partial charge in [-0.15, -0.1) is 22.7 Å². The normalized spacial score (nSPS) is 17.6. The van der Waals surface area contributed by atoms with Gasteiger partial charge >= 0.3 is 0 Å². The molecule has 4 aliphatic heterocycles. The molecule has 2 aromatic heterocycles. The summed E-state index contributed by atoms with van der Waals surface area (Å²) in [5.41, 5.74) is 7.51. The molecule has 0 N–H and O–H groups in total. The molecule has 0 bridgehead atoms. The summed E-state index contributed by atoms with van der Waals surface area (Å²) >= 11 is 2.60. The van der Waals surface area contributed by atoms with Crippen molar-refractivity contribution < 1.29 is 27.2 Å². The maximum atomic E-state index is 13.8. The monoisotopic (exact) mass is 696 g/mol. The van der Waals surface area contributed by atoms with Gasteiger partial charge in [0.05, 0.1) is 24.5 Å². The van der Waals surface area contributed by atoms with E-state index in [0.717, 1.165) is 54.8 Å². The number of anilines is 2. The number of alkyl halides is 4. The summed E-state index contributed by atoms with van der Waals surface area (Å²) in [6.45, 7) is 2.23. The lowest BCUT2D eigenvalue weighted by molar-refractivity contribution is 0.0820. The van der Waals surface area contributed by atoms with Gasteiger partial charge in [0.15, 0.2) is 10.0 Å². The molecule has 0 aliphatic carbocycles. The maximum absolute atomic E-state index is 13.8. The van der Waals surface area contributed by atoms with Gasteiger partial charge in [-0.1, -0.05) is 24.3 Å². The number of nitrogens with zero attached hydrogens (tertiary/aromatic N) is 6. The van der Waals surface area contributed by atoms with E-state index in [0.29, 0.717) is 75.0 Å². The minimum Gasteiger partial charge on any atom is -0.306 e. The van der Waals surface area contributed by atoms with Gasteiger partial charge in [0.2, 0.25) is 0 Å². The first-order chi connectivity index (χ1) is 23.2. The number of fused-ring (bicyclic) bond motifs is 4. The third kappa shape index (κ3) is 5.71. The summed E-state index contributed by atoms with van der Waals surface area (Å²) in [5, 5.41) is 0.773. The summed E-state index contributed by atoms with van der Waals surface area (Å²) < 4.78 is 51.8. The minimum absolute atomic E-state index is 0.177. The molecule has 0 spiro atoms. The van der Waals surface area contributed by atoms with Gasteiger partial charge in [-0.05, 0) is 47.2 Å². The Bertz CT molecular complexity index is 1780. The second-order valence-electron chi connectivity index (χ2n) is 12.6. The number of thiazole rings is 2. The number of carbonyl (C=O) groups is 2. The number of amides is 2. The van der Waals surface area contributed by atoms with Crippen LogP contribution in [-0.4, -0.2) is 83.7 Å². The Morgan fingerprint density at radius 3 is 1.50 bits per heavy atom. The Morgan fingerprint density at radius 2 is 1.08 bits per heavy atom. The Kier molecular flexibility index (Phi) is 8.30. The Labute approximate surface area is 282 Å². The molecule has 2 aromatic carbocycles. The summed E-state index contributed by atoms with van der Waals surface area (Å²) in [6.07, 6.45) is -2.35. The van der Waals surface area contributed by atoms with Gasteiger partial charge < -0.3 is 9.80 Å². The molecule has 250 valence electrons. The van der Waals surface area contributed by atoms with Crippen molar-refractivity contribution in [2.75, 3.05) is 49.1 Å². The summed E-state index contributed by atoms with van der Waals surface area (Å²) in [7, 11) is 0. The number of hydrogen-bond acceptors (Lipinski definition) is 8. The molecule has 4 aliphatic rings. The number of carbonyl (C=O) groups excluding carboxylic acids is 2. The highest BCUT2D eigenvalue weighted by atomic mass is 32.1. The zero-order valence-electron chi connectivity index (χ0n) is 25.9. The molecular formula is C34H32F4N6O2S2. The fraction of sp³-hybridized carbons (Fsp3) is 0.412. The standard InChI is InChI=1S/C34H32F4N6O2S2/c35-29(36)17-41-11-9-23-27(15-41)47-31(39-23)33(45)43-13-7-21-19(3-1-5-25(21)43)20-4-2-6-26-22(20)8-14-44(26)34(46)32-40-24-10-12-42(18-30(37)38)16-28(24)48-32/h1-6,29-30H,7-18H2. The fourth-order valence-electron chi connectivity index (χ4n) is 7.41. The fourth-order valence-corrected chi connectivity index (χ4v) is 9.61. The predicted octanol–water partition coefficient (Wildman–Crippen LogP) is 5.92. The Morgan fingerprint density at radius 1 is 0.646 bits per heavy atom. The van der Waals surface area contributed by atoms with Crippen LogP contribution in [0.1, 0.15) is 51.9 Å². The topological polar surface area (TPSA) is 72.9 Å². The average Bonchev–Trinajstić information content (AvgIpc) is 3.86. The third-order valence-electron chi connectivity index (χ3n) is 9.61. The zero-order valence-corrected chi connectivity index (χ0v) is 27.6. The summed E-state index contributed by atoms with van der Waals surface area (Å²) in [6, 6.07) is 11.9. The van der Waals surface area contributed by atoms with Crippen LogP contribution in [0.5, 0.6) is 0 Å². The predicted molar refractivity (Wildman–Crippen MR) is 177 cm³/mol. The lowest BCUT2D eigenvalue weighted by Crippen LogP contribution is -2.33. The number of rotatable bonds is 7. The first-order valence-electron chi connectivity index (χ1n) is 16.1. The molecule has 4 aromatic rings. The third-order valence-corrected chi connectivity index (χ3v) is 11.8. The molecule has 0 saturated heterocycles. The van der Waals surface area contributed by atoms with Crippen molar-refractivity contribution >= 4 is 45.9 Å². The highest BCUT2D eigenvalue weighted by Crippen LogP contribution is 2.43. The van der Waals surface area contributed by atoms with E-state index in [1.54, 1.807) is 19.6 Å². The lowest BCUT2D eigenvalue weighted by atomic mass is 9.93. The van der Waals surface area contributed by atoms with E-state index in [-0.39, 0.29) is 24.9 Å². The second-order valence-corrected chi connectivity index (χ2v) is 14.7. The number of benzene rings is 2. The van der Waals surface area contributed by atoms with Crippen LogP contribution in [0.2, 0.25) is 0 Å². The van der Waals surface area contributed by atoms with Crippen LogP contribution in [0.4, 0.5) is 28.9 Å². The van der Waals surface area contributed by atoms with Crippen LogP contribution in [0.25, 0.3) is 11.1 Å². The van der Waals surface area contributed by atoms with E-state index in [1.165, 1.54) is 22.7 Å². The number of halogens is 4. The van der Waals surface area contributed by atoms with E-state index in [9.17, 15) is 27.2 Å². The highest BCUT2D eigenvalue weighted by molar-refractivity contribution is 7.14. The van der Waals surface area contributed by atoms with Gasteiger partial charge in [0.25, 0.3) is 24.7 Å². The number of aromatic nitrogens is 2. The van der Waals surface area contributed by atoms with E-state index >= 15 is 0 Å². The molecule has 8 nitrogen and oxygen atoms in total. The van der Waals surface area contributed by atoms with Gasteiger partial charge in [0, 0.05) is 73.2 Å². The van der Waals surface area contributed by atoms with Crippen molar-refractivity contribution in [3.63, 3.8) is 0 Å². The summed E-state index contributed by atoms with van der Waals surface area (Å²) in [5.74, 6) is -0.353. The van der Waals surface area contributed by atoms with Crippen molar-refractivity contribution in [2.45, 2.75) is 51.6 Å². The molecule has 0 saturated carbocycles. The first-order valence-corrected chi connectivity index (χ1v) is 17.7. The Hall–Kier alpha value is -3.72. The van der Waals surface area contributed by atoms with Crippen LogP contribution >= 0.6 is 22.7 Å². The van der Waals surface area contributed by atoms with Crippen LogP contribution in [0, 0.1) is 0 Å². The van der Waals surface area contributed by atoms with Gasteiger partial charge in [-0.3, -0.25) is 19.4 Å². The van der Waals surface area contributed by atoms with Crippen LogP contribution < -0.4 is 9.80 Å². The smallest absolute Gasteiger partial charge is 0.287 e. The summed E-state index contributed by atoms with van der Waals surface area (Å²) in [4.78, 5) is 45.5. The molecular weight excluding hydrogens is 665 g/mol. The molecule has 8 rings (SSSR count). The van der Waals surface area contributed by atoms with Gasteiger partial charge in [-0.25, -0.2) is 27.5 Å². The molecule has 6 heterocycles. The van der Waals surface area contributed by atoms with Crippen LogP contribution in [-0.2, 0) is 38.8 Å². The van der Waals surface area contributed by atoms with Crippen molar-refractivity contribution in [1.82, 2.24) is 19.8 Å². The maximum Gasteiger partial charge on any atom is 0.287 e. The van der Waals surface area contributed by atoms with E-state index in [4.69, 9.17) is 0 Å². The molecule has 2 amide bonds. The van der Waals surface area contributed by atoms with Crippen molar-refractivity contribution in [1.29, 1.82) is 0 Å². The minimum atomic E-state index is -2.40.